The van der Waals surface area contributed by atoms with E-state index in [1.165, 1.54) is 0 Å². The lowest BCUT2D eigenvalue weighted by atomic mass is 10.1. The second-order valence-electron chi connectivity index (χ2n) is 6.01. The second kappa shape index (κ2) is 9.08. The first-order valence-corrected chi connectivity index (χ1v) is 8.19. The van der Waals surface area contributed by atoms with Crippen molar-refractivity contribution in [1.29, 1.82) is 0 Å². The molecule has 1 N–H and O–H groups in total. The Balaban J connectivity index is 1.82. The summed E-state index contributed by atoms with van der Waals surface area (Å²) in [7, 11) is 0. The maximum Gasteiger partial charge on any atom is 0.258 e. The molecule has 128 valence electrons. The first-order chi connectivity index (χ1) is 11.5. The molecule has 4 nitrogen and oxygen atoms in total. The lowest BCUT2D eigenvalue weighted by Crippen LogP contribution is -2.28. The van der Waals surface area contributed by atoms with Gasteiger partial charge in [0.05, 0.1) is 12.7 Å². The molecule has 0 heterocycles. The predicted molar refractivity (Wildman–Crippen MR) is 94.9 cm³/mol. The van der Waals surface area contributed by atoms with Crippen LogP contribution < -0.4 is 10.1 Å². The van der Waals surface area contributed by atoms with E-state index in [9.17, 15) is 4.79 Å². The molecule has 0 saturated carbocycles. The first-order valence-electron chi connectivity index (χ1n) is 8.19. The Kier molecular flexibility index (Phi) is 6.82. The fourth-order valence-electron chi connectivity index (χ4n) is 2.16. The van der Waals surface area contributed by atoms with Crippen LogP contribution in [-0.4, -0.2) is 18.6 Å². The monoisotopic (exact) mass is 327 g/mol. The summed E-state index contributed by atoms with van der Waals surface area (Å²) in [4.78, 5) is 12.0. The molecule has 0 aromatic heterocycles. The summed E-state index contributed by atoms with van der Waals surface area (Å²) < 4.78 is 11.1. The molecule has 0 atom stereocenters. The van der Waals surface area contributed by atoms with Gasteiger partial charge in [0.25, 0.3) is 5.91 Å². The summed E-state index contributed by atoms with van der Waals surface area (Å²) in [5.74, 6) is 0.552. The molecule has 24 heavy (non-hydrogen) atoms. The largest absolute Gasteiger partial charge is 0.484 e. The normalized spacial score (nSPS) is 10.7. The number of rotatable bonds is 8. The summed E-state index contributed by atoms with van der Waals surface area (Å²) in [6.07, 6.45) is 0.176. The van der Waals surface area contributed by atoms with Crippen molar-refractivity contribution >= 4 is 5.91 Å². The molecule has 0 bridgehead atoms. The summed E-state index contributed by atoms with van der Waals surface area (Å²) >= 11 is 0. The van der Waals surface area contributed by atoms with E-state index in [1.54, 1.807) is 0 Å². The second-order valence-corrected chi connectivity index (χ2v) is 6.01. The molecule has 0 unspecified atom stereocenters. The van der Waals surface area contributed by atoms with E-state index in [-0.39, 0.29) is 18.6 Å². The average molecular weight is 327 g/mol. The summed E-state index contributed by atoms with van der Waals surface area (Å²) in [5.41, 5.74) is 3.31. The lowest BCUT2D eigenvalue weighted by Gasteiger charge is -2.13. The number of aryl methyl sites for hydroxylation is 1. The number of carbonyl (C=O) groups excluding carboxylic acids is 1. The number of hydrogen-bond acceptors (Lipinski definition) is 3. The smallest absolute Gasteiger partial charge is 0.258 e. The van der Waals surface area contributed by atoms with Crippen molar-refractivity contribution in [2.24, 2.45) is 0 Å². The number of benzene rings is 2. The SMILES string of the molecule is Cc1ccc(OCC(=O)NCc2ccccc2COC(C)C)cc1. The standard InChI is InChI=1S/C20H25NO3/c1-15(2)23-13-18-7-5-4-6-17(18)12-21-20(22)14-24-19-10-8-16(3)9-11-19/h4-11,15H,12-14H2,1-3H3,(H,21,22). The van der Waals surface area contributed by atoms with Gasteiger partial charge in [-0.1, -0.05) is 42.0 Å². The molecule has 2 aromatic carbocycles. The zero-order valence-electron chi connectivity index (χ0n) is 14.5. The van der Waals surface area contributed by atoms with Crippen LogP contribution in [0.15, 0.2) is 48.5 Å². The Morgan fingerprint density at radius 1 is 1.04 bits per heavy atom. The van der Waals surface area contributed by atoms with Crippen LogP contribution in [0.2, 0.25) is 0 Å². The van der Waals surface area contributed by atoms with Gasteiger partial charge in [-0.15, -0.1) is 0 Å². The van der Waals surface area contributed by atoms with Crippen molar-refractivity contribution in [2.75, 3.05) is 6.61 Å². The van der Waals surface area contributed by atoms with E-state index in [0.717, 1.165) is 16.7 Å². The molecular weight excluding hydrogens is 302 g/mol. The van der Waals surface area contributed by atoms with Crippen molar-refractivity contribution in [2.45, 2.75) is 40.0 Å². The predicted octanol–water partition coefficient (Wildman–Crippen LogP) is 3.62. The number of nitrogens with one attached hydrogen (secondary N) is 1. The van der Waals surface area contributed by atoms with E-state index < -0.39 is 0 Å². The van der Waals surface area contributed by atoms with Crippen LogP contribution >= 0.6 is 0 Å². The van der Waals surface area contributed by atoms with Crippen molar-refractivity contribution in [1.82, 2.24) is 5.32 Å². The molecule has 4 heteroatoms. The minimum Gasteiger partial charge on any atom is -0.484 e. The van der Waals surface area contributed by atoms with Gasteiger partial charge < -0.3 is 14.8 Å². The van der Waals surface area contributed by atoms with E-state index in [1.807, 2.05) is 69.3 Å². The summed E-state index contributed by atoms with van der Waals surface area (Å²) in [5, 5.41) is 2.89. The van der Waals surface area contributed by atoms with Gasteiger partial charge in [0.2, 0.25) is 0 Å². The number of ether oxygens (including phenoxy) is 2. The maximum absolute atomic E-state index is 12.0. The Labute approximate surface area is 143 Å². The van der Waals surface area contributed by atoms with E-state index >= 15 is 0 Å². The Morgan fingerprint density at radius 3 is 2.38 bits per heavy atom. The topological polar surface area (TPSA) is 47.6 Å². The highest BCUT2D eigenvalue weighted by atomic mass is 16.5. The van der Waals surface area contributed by atoms with E-state index in [2.05, 4.69) is 5.32 Å². The van der Waals surface area contributed by atoms with E-state index in [0.29, 0.717) is 18.9 Å². The molecule has 2 rings (SSSR count). The van der Waals surface area contributed by atoms with Gasteiger partial charge in [-0.25, -0.2) is 0 Å². The molecule has 0 aliphatic carbocycles. The van der Waals surface area contributed by atoms with E-state index in [4.69, 9.17) is 9.47 Å². The molecular formula is C20H25NO3. The molecule has 0 radical (unpaired) electrons. The van der Waals surface area contributed by atoms with Crippen LogP contribution in [0.5, 0.6) is 5.75 Å². The molecule has 0 aliphatic heterocycles. The van der Waals surface area contributed by atoms with Crippen LogP contribution in [-0.2, 0) is 22.7 Å². The minimum atomic E-state index is -0.143. The van der Waals surface area contributed by atoms with Crippen molar-refractivity contribution < 1.29 is 14.3 Å². The number of amides is 1. The highest BCUT2D eigenvalue weighted by molar-refractivity contribution is 5.77. The minimum absolute atomic E-state index is 0.00766. The van der Waals surface area contributed by atoms with Crippen molar-refractivity contribution in [3.8, 4) is 5.75 Å². The number of hydrogen-bond donors (Lipinski definition) is 1. The van der Waals surface area contributed by atoms with Gasteiger partial charge >= 0.3 is 0 Å². The summed E-state index contributed by atoms with van der Waals surface area (Å²) in [6.45, 7) is 7.04. The quantitative estimate of drug-likeness (QED) is 0.805. The third-order valence-electron chi connectivity index (χ3n) is 3.56. The molecule has 0 aliphatic rings. The zero-order chi connectivity index (χ0) is 17.4. The van der Waals surface area contributed by atoms with Crippen LogP contribution in [0.4, 0.5) is 0 Å². The fourth-order valence-corrected chi connectivity index (χ4v) is 2.16. The van der Waals surface area contributed by atoms with Gasteiger partial charge in [0.15, 0.2) is 6.61 Å². The molecule has 2 aromatic rings. The Bertz CT molecular complexity index is 650. The Hall–Kier alpha value is -2.33. The molecule has 0 saturated heterocycles. The fraction of sp³-hybridized carbons (Fsp3) is 0.350. The molecule has 0 spiro atoms. The average Bonchev–Trinajstić information content (AvgIpc) is 2.58. The third kappa shape index (κ3) is 6.05. The lowest BCUT2D eigenvalue weighted by molar-refractivity contribution is -0.123. The van der Waals surface area contributed by atoms with Gasteiger partial charge in [-0.3, -0.25) is 4.79 Å². The molecule has 1 amide bonds. The maximum atomic E-state index is 12.0. The highest BCUT2D eigenvalue weighted by Crippen LogP contribution is 2.12. The van der Waals surface area contributed by atoms with Crippen LogP contribution in [0.25, 0.3) is 0 Å². The van der Waals surface area contributed by atoms with Gasteiger partial charge in [-0.2, -0.15) is 0 Å². The van der Waals surface area contributed by atoms with Crippen LogP contribution in [0.3, 0.4) is 0 Å². The Morgan fingerprint density at radius 2 is 1.71 bits per heavy atom. The highest BCUT2D eigenvalue weighted by Gasteiger charge is 2.07. The van der Waals surface area contributed by atoms with Crippen LogP contribution in [0.1, 0.15) is 30.5 Å². The summed E-state index contributed by atoms with van der Waals surface area (Å²) in [6, 6.07) is 15.6. The van der Waals surface area contributed by atoms with Gasteiger partial charge in [0.1, 0.15) is 5.75 Å². The van der Waals surface area contributed by atoms with Crippen molar-refractivity contribution in [3.05, 3.63) is 65.2 Å². The number of carbonyl (C=O) groups is 1. The van der Waals surface area contributed by atoms with Crippen molar-refractivity contribution in [3.63, 3.8) is 0 Å². The molecule has 0 fully saturated rings. The zero-order valence-corrected chi connectivity index (χ0v) is 14.5. The first kappa shape index (κ1) is 18.0. The third-order valence-corrected chi connectivity index (χ3v) is 3.56. The van der Waals surface area contributed by atoms with Crippen LogP contribution in [0, 0.1) is 6.92 Å². The van der Waals surface area contributed by atoms with Gasteiger partial charge in [0, 0.05) is 6.54 Å². The van der Waals surface area contributed by atoms with Gasteiger partial charge in [-0.05, 0) is 44.0 Å².